The minimum absolute atomic E-state index is 0.555. The summed E-state index contributed by atoms with van der Waals surface area (Å²) < 4.78 is 14.7. The molecule has 1 unspecified atom stereocenters. The van der Waals surface area contributed by atoms with Crippen LogP contribution in [0.3, 0.4) is 0 Å². The van der Waals surface area contributed by atoms with Crippen molar-refractivity contribution in [3.8, 4) is 0 Å². The summed E-state index contributed by atoms with van der Waals surface area (Å²) in [5, 5.41) is 2.65. The van der Waals surface area contributed by atoms with E-state index in [9.17, 15) is 4.57 Å². The Balaban J connectivity index is 3.78. The molecule has 0 aliphatic heterocycles. The zero-order valence-corrected chi connectivity index (χ0v) is 7.54. The molecule has 68 valence electrons. The van der Waals surface area contributed by atoms with E-state index < -0.39 is 14.1 Å². The Bertz CT molecular complexity index is 145. The molecule has 0 rings (SSSR count). The van der Waals surface area contributed by atoms with Crippen LogP contribution < -0.4 is 5.32 Å². The molecule has 0 saturated heterocycles. The number of hydrogen-bond donors (Lipinski definition) is 3. The summed E-state index contributed by atoms with van der Waals surface area (Å²) in [6, 6.07) is 0. The summed E-state index contributed by atoms with van der Waals surface area (Å²) >= 11 is 0. The van der Waals surface area contributed by atoms with E-state index in [4.69, 9.17) is 9.79 Å². The van der Waals surface area contributed by atoms with E-state index >= 15 is 0 Å². The summed E-state index contributed by atoms with van der Waals surface area (Å²) in [5.41, 5.74) is 0. The lowest BCUT2D eigenvalue weighted by atomic mass is 10.3. The van der Waals surface area contributed by atoms with Crippen LogP contribution in [-0.2, 0) is 9.09 Å². The third kappa shape index (κ3) is 6.47. The first-order valence-corrected chi connectivity index (χ1v) is 4.94. The lowest BCUT2D eigenvalue weighted by molar-refractivity contribution is 0.107. The molecule has 0 saturated carbocycles. The van der Waals surface area contributed by atoms with Crippen LogP contribution in [0.15, 0.2) is 0 Å². The van der Waals surface area contributed by atoms with Gasteiger partial charge in [0, 0.05) is 0 Å². The molecule has 0 bridgehead atoms. The zero-order valence-electron chi connectivity index (χ0n) is 6.65. The van der Waals surface area contributed by atoms with E-state index in [2.05, 4.69) is 9.84 Å². The fourth-order valence-electron chi connectivity index (χ4n) is 0.678. The van der Waals surface area contributed by atoms with Gasteiger partial charge in [0.05, 0.1) is 0 Å². The van der Waals surface area contributed by atoms with Crippen molar-refractivity contribution in [1.29, 1.82) is 0 Å². The first-order valence-electron chi connectivity index (χ1n) is 3.40. The Kier molecular flexibility index (Phi) is 4.88. The van der Waals surface area contributed by atoms with Crippen molar-refractivity contribution in [3.63, 3.8) is 0 Å². The smallest absolute Gasteiger partial charge is 0.303 e. The molecule has 0 radical (unpaired) electrons. The maximum atomic E-state index is 10.3. The van der Waals surface area contributed by atoms with Crippen molar-refractivity contribution in [2.24, 2.45) is 0 Å². The van der Waals surface area contributed by atoms with Gasteiger partial charge in [0.15, 0.2) is 0 Å². The molecule has 0 aromatic carbocycles. The number of rotatable bonds is 5. The maximum absolute atomic E-state index is 10.3. The Morgan fingerprint density at radius 3 is 2.45 bits per heavy atom. The first-order chi connectivity index (χ1) is 4.99. The van der Waals surface area contributed by atoms with Gasteiger partial charge in [-0.15, -0.1) is 0 Å². The van der Waals surface area contributed by atoms with Crippen LogP contribution in [0, 0.1) is 0 Å². The average Bonchev–Trinajstić information content (AvgIpc) is 1.84. The van der Waals surface area contributed by atoms with E-state index in [1.54, 1.807) is 7.05 Å². The van der Waals surface area contributed by atoms with Gasteiger partial charge in [-0.1, -0.05) is 13.3 Å². The number of phosphoric acid groups is 1. The summed E-state index contributed by atoms with van der Waals surface area (Å²) in [5.74, 6) is 0. The highest BCUT2D eigenvalue weighted by Crippen LogP contribution is 2.37. The number of phosphoric ester groups is 1. The minimum atomic E-state index is -4.33. The molecule has 0 aromatic rings. The molecule has 5 nitrogen and oxygen atoms in total. The predicted octanol–water partition coefficient (Wildman–Crippen LogP) is 0.441. The molecule has 0 fully saturated rings. The molecule has 3 N–H and O–H groups in total. The van der Waals surface area contributed by atoms with Gasteiger partial charge in [-0.25, -0.2) is 4.57 Å². The molecular formula is C5H14NO4P. The van der Waals surface area contributed by atoms with E-state index in [1.165, 1.54) is 0 Å². The first kappa shape index (κ1) is 11.1. The third-order valence-electron chi connectivity index (χ3n) is 1.14. The van der Waals surface area contributed by atoms with Crippen molar-refractivity contribution >= 4 is 7.82 Å². The van der Waals surface area contributed by atoms with E-state index in [0.717, 1.165) is 6.42 Å². The van der Waals surface area contributed by atoms with E-state index in [0.29, 0.717) is 6.42 Å². The molecule has 11 heavy (non-hydrogen) atoms. The maximum Gasteiger partial charge on any atom is 0.471 e. The second-order valence-corrected chi connectivity index (χ2v) is 3.35. The molecule has 0 spiro atoms. The van der Waals surface area contributed by atoms with Gasteiger partial charge in [-0.05, 0) is 13.5 Å². The Morgan fingerprint density at radius 1 is 1.64 bits per heavy atom. The van der Waals surface area contributed by atoms with Gasteiger partial charge in [-0.3, -0.25) is 9.84 Å². The third-order valence-corrected chi connectivity index (χ3v) is 1.67. The molecule has 0 heterocycles. The van der Waals surface area contributed by atoms with Gasteiger partial charge < -0.3 is 9.79 Å². The molecular weight excluding hydrogens is 169 g/mol. The highest BCUT2D eigenvalue weighted by molar-refractivity contribution is 7.46. The fourth-order valence-corrected chi connectivity index (χ4v) is 1.22. The summed E-state index contributed by atoms with van der Waals surface area (Å²) in [4.78, 5) is 16.8. The van der Waals surface area contributed by atoms with Crippen LogP contribution in [0.1, 0.15) is 19.8 Å². The highest BCUT2D eigenvalue weighted by Gasteiger charge is 2.19. The molecule has 1 atom stereocenters. The van der Waals surface area contributed by atoms with Crippen molar-refractivity contribution < 1.29 is 18.9 Å². The normalized spacial score (nSPS) is 14.9. The second-order valence-electron chi connectivity index (χ2n) is 2.16. The number of hydrogen-bond acceptors (Lipinski definition) is 3. The topological polar surface area (TPSA) is 78.8 Å². The summed E-state index contributed by atoms with van der Waals surface area (Å²) in [7, 11) is -2.74. The lowest BCUT2D eigenvalue weighted by Gasteiger charge is -2.15. The second kappa shape index (κ2) is 4.85. The molecule has 0 aliphatic carbocycles. The number of nitrogens with one attached hydrogen (secondary N) is 1. The van der Waals surface area contributed by atoms with Crippen LogP contribution >= 0.6 is 7.82 Å². The van der Waals surface area contributed by atoms with E-state index in [-0.39, 0.29) is 0 Å². The van der Waals surface area contributed by atoms with Crippen LogP contribution in [0.25, 0.3) is 0 Å². The fraction of sp³-hybridized carbons (Fsp3) is 1.00. The van der Waals surface area contributed by atoms with Gasteiger partial charge >= 0.3 is 7.82 Å². The molecule has 0 amide bonds. The van der Waals surface area contributed by atoms with Crippen molar-refractivity contribution in [1.82, 2.24) is 5.32 Å². The molecule has 6 heteroatoms. The minimum Gasteiger partial charge on any atom is -0.303 e. The van der Waals surface area contributed by atoms with Crippen molar-refractivity contribution in [3.05, 3.63) is 0 Å². The SMILES string of the molecule is CCCC(NC)OP(=O)(O)O. The standard InChI is InChI=1S/C5H14NO4P/c1-3-4-5(6-2)10-11(7,8)9/h5-6H,3-4H2,1-2H3,(H2,7,8,9). The summed E-state index contributed by atoms with van der Waals surface area (Å²) in [6.07, 6.45) is 0.841. The molecule has 0 aliphatic rings. The largest absolute Gasteiger partial charge is 0.471 e. The van der Waals surface area contributed by atoms with Gasteiger partial charge in [-0.2, -0.15) is 0 Å². The zero-order chi connectivity index (χ0) is 8.91. The Hall–Kier alpha value is 0.0700. The van der Waals surface area contributed by atoms with Gasteiger partial charge in [0.2, 0.25) is 0 Å². The van der Waals surface area contributed by atoms with Gasteiger partial charge in [0.1, 0.15) is 6.23 Å². The van der Waals surface area contributed by atoms with Gasteiger partial charge in [0.25, 0.3) is 0 Å². The summed E-state index contributed by atoms with van der Waals surface area (Å²) in [6.45, 7) is 1.91. The monoisotopic (exact) mass is 183 g/mol. The van der Waals surface area contributed by atoms with Crippen molar-refractivity contribution in [2.45, 2.75) is 26.0 Å². The quantitative estimate of drug-likeness (QED) is 0.425. The molecule has 0 aromatic heterocycles. The highest BCUT2D eigenvalue weighted by atomic mass is 31.2. The lowest BCUT2D eigenvalue weighted by Crippen LogP contribution is -2.26. The van der Waals surface area contributed by atoms with Crippen LogP contribution in [0.5, 0.6) is 0 Å². The van der Waals surface area contributed by atoms with Crippen molar-refractivity contribution in [2.75, 3.05) is 7.05 Å². The van der Waals surface area contributed by atoms with Crippen LogP contribution in [0.4, 0.5) is 0 Å². The Morgan fingerprint density at radius 2 is 2.18 bits per heavy atom. The average molecular weight is 183 g/mol. The van der Waals surface area contributed by atoms with Crippen LogP contribution in [-0.4, -0.2) is 23.1 Å². The van der Waals surface area contributed by atoms with E-state index in [1.807, 2.05) is 6.92 Å². The predicted molar refractivity (Wildman–Crippen MR) is 40.9 cm³/mol. The van der Waals surface area contributed by atoms with Crippen LogP contribution in [0.2, 0.25) is 0 Å². The Labute approximate surface area is 66.0 Å².